The molecular weight excluding hydrogens is 396 g/mol. The van der Waals surface area contributed by atoms with E-state index in [2.05, 4.69) is 10.1 Å². The maximum atomic E-state index is 12.5. The molecule has 1 aromatic carbocycles. The number of nitrogens with zero attached hydrogens (tertiary/aromatic N) is 4. The number of aryl methyl sites for hydroxylation is 1. The molecule has 10 heteroatoms. The van der Waals surface area contributed by atoms with Crippen LogP contribution < -0.4 is 0 Å². The highest BCUT2D eigenvalue weighted by Crippen LogP contribution is 2.20. The predicted octanol–water partition coefficient (Wildman–Crippen LogP) is 0.782. The number of hydrogen-bond acceptors (Lipinski definition) is 7. The van der Waals surface area contributed by atoms with Gasteiger partial charge in [-0.1, -0.05) is 35.0 Å². The van der Waals surface area contributed by atoms with E-state index in [4.69, 9.17) is 9.26 Å². The smallest absolute Gasteiger partial charge is 0.252 e. The number of sulfonamides is 1. The number of ether oxygens (including phenoxy) is 1. The van der Waals surface area contributed by atoms with Crippen molar-refractivity contribution in [2.45, 2.75) is 32.4 Å². The summed E-state index contributed by atoms with van der Waals surface area (Å²) in [5.74, 6) is 0.781. The standard InChI is InChI=1S/C19H26N4O5S/c1-14-4-6-15(7-5-14)10-19(24)22-11-16(12-22)23(29(3,25)26)9-8-17-20-18(13-27-2)28-21-17/h4-7,16H,8-13H2,1-3H3. The number of rotatable bonds is 9. The van der Waals surface area contributed by atoms with Crippen molar-refractivity contribution in [1.29, 1.82) is 0 Å². The second-order valence-corrected chi connectivity index (χ2v) is 9.21. The first-order valence-corrected chi connectivity index (χ1v) is 11.2. The van der Waals surface area contributed by atoms with E-state index in [1.54, 1.807) is 4.90 Å². The van der Waals surface area contributed by atoms with Gasteiger partial charge in [0, 0.05) is 33.2 Å². The molecule has 1 aliphatic rings. The fourth-order valence-electron chi connectivity index (χ4n) is 3.24. The average molecular weight is 423 g/mol. The molecular formula is C19H26N4O5S. The molecule has 0 spiro atoms. The first kappa shape index (κ1) is 21.4. The van der Waals surface area contributed by atoms with Gasteiger partial charge in [-0.3, -0.25) is 4.79 Å². The first-order valence-electron chi connectivity index (χ1n) is 9.37. The van der Waals surface area contributed by atoms with Crippen molar-refractivity contribution in [3.63, 3.8) is 0 Å². The molecule has 1 saturated heterocycles. The van der Waals surface area contributed by atoms with E-state index in [0.29, 0.717) is 37.6 Å². The number of likely N-dealkylation sites (tertiary alicyclic amines) is 1. The quantitative estimate of drug-likeness (QED) is 0.588. The summed E-state index contributed by atoms with van der Waals surface area (Å²) >= 11 is 0. The second-order valence-electron chi connectivity index (χ2n) is 7.28. The van der Waals surface area contributed by atoms with E-state index in [1.807, 2.05) is 31.2 Å². The monoisotopic (exact) mass is 422 g/mol. The highest BCUT2D eigenvalue weighted by atomic mass is 32.2. The van der Waals surface area contributed by atoms with Gasteiger partial charge in [0.25, 0.3) is 5.89 Å². The fraction of sp³-hybridized carbons (Fsp3) is 0.526. The van der Waals surface area contributed by atoms with Crippen LogP contribution in [0, 0.1) is 6.92 Å². The Morgan fingerprint density at radius 3 is 2.62 bits per heavy atom. The minimum Gasteiger partial charge on any atom is -0.375 e. The lowest BCUT2D eigenvalue weighted by atomic mass is 10.0. The predicted molar refractivity (Wildman–Crippen MR) is 106 cm³/mol. The van der Waals surface area contributed by atoms with Crippen molar-refractivity contribution < 1.29 is 22.5 Å². The Labute approximate surface area is 170 Å². The van der Waals surface area contributed by atoms with Crippen LogP contribution in [-0.4, -0.2) is 72.7 Å². The molecule has 2 heterocycles. The van der Waals surface area contributed by atoms with E-state index >= 15 is 0 Å². The van der Waals surface area contributed by atoms with Gasteiger partial charge >= 0.3 is 0 Å². The Bertz CT molecular complexity index is 936. The molecule has 9 nitrogen and oxygen atoms in total. The highest BCUT2D eigenvalue weighted by Gasteiger charge is 2.38. The summed E-state index contributed by atoms with van der Waals surface area (Å²) in [6.07, 6.45) is 1.82. The van der Waals surface area contributed by atoms with Crippen molar-refractivity contribution in [3.05, 3.63) is 47.1 Å². The number of carbonyl (C=O) groups excluding carboxylic acids is 1. The van der Waals surface area contributed by atoms with E-state index in [-0.39, 0.29) is 25.1 Å². The minimum atomic E-state index is -3.43. The van der Waals surface area contributed by atoms with E-state index in [1.165, 1.54) is 17.7 Å². The third kappa shape index (κ3) is 5.62. The lowest BCUT2D eigenvalue weighted by Crippen LogP contribution is -2.62. The Morgan fingerprint density at radius 1 is 1.31 bits per heavy atom. The van der Waals surface area contributed by atoms with Crippen LogP contribution in [0.1, 0.15) is 22.8 Å². The molecule has 0 bridgehead atoms. The molecule has 1 fully saturated rings. The largest absolute Gasteiger partial charge is 0.375 e. The zero-order valence-corrected chi connectivity index (χ0v) is 17.7. The zero-order valence-electron chi connectivity index (χ0n) is 16.9. The van der Waals surface area contributed by atoms with Crippen molar-refractivity contribution >= 4 is 15.9 Å². The second kappa shape index (κ2) is 9.02. The Morgan fingerprint density at radius 2 is 2.00 bits per heavy atom. The summed E-state index contributed by atoms with van der Waals surface area (Å²) in [7, 11) is -1.90. The summed E-state index contributed by atoms with van der Waals surface area (Å²) in [5, 5.41) is 3.84. The number of carbonyl (C=O) groups is 1. The van der Waals surface area contributed by atoms with Gasteiger partial charge in [0.1, 0.15) is 6.61 Å². The van der Waals surface area contributed by atoms with Crippen LogP contribution in [0.25, 0.3) is 0 Å². The van der Waals surface area contributed by atoms with Gasteiger partial charge in [-0.25, -0.2) is 8.42 Å². The van der Waals surface area contributed by atoms with E-state index in [9.17, 15) is 13.2 Å². The van der Waals surface area contributed by atoms with Crippen molar-refractivity contribution in [2.24, 2.45) is 0 Å². The van der Waals surface area contributed by atoms with Crippen LogP contribution in [-0.2, 0) is 39.0 Å². The first-order chi connectivity index (χ1) is 13.8. The molecule has 0 saturated carbocycles. The van der Waals surface area contributed by atoms with Crippen LogP contribution in [0.2, 0.25) is 0 Å². The molecule has 0 radical (unpaired) electrons. The topological polar surface area (TPSA) is 106 Å². The van der Waals surface area contributed by atoms with Gasteiger partial charge in [0.2, 0.25) is 15.9 Å². The number of amides is 1. The van der Waals surface area contributed by atoms with Crippen LogP contribution >= 0.6 is 0 Å². The SMILES string of the molecule is COCc1nc(CCN(C2CN(C(=O)Cc3ccc(C)cc3)C2)S(C)(=O)=O)no1. The van der Waals surface area contributed by atoms with Crippen LogP contribution in [0.15, 0.2) is 28.8 Å². The van der Waals surface area contributed by atoms with Gasteiger partial charge < -0.3 is 14.2 Å². The number of benzene rings is 1. The van der Waals surface area contributed by atoms with Crippen molar-refractivity contribution in [2.75, 3.05) is 33.0 Å². The van der Waals surface area contributed by atoms with Crippen LogP contribution in [0.4, 0.5) is 0 Å². The van der Waals surface area contributed by atoms with Gasteiger partial charge in [0.15, 0.2) is 5.82 Å². The van der Waals surface area contributed by atoms with E-state index in [0.717, 1.165) is 11.1 Å². The maximum absolute atomic E-state index is 12.5. The van der Waals surface area contributed by atoms with Crippen molar-refractivity contribution in [3.8, 4) is 0 Å². The van der Waals surface area contributed by atoms with Gasteiger partial charge in [-0.15, -0.1) is 0 Å². The van der Waals surface area contributed by atoms with Crippen LogP contribution in [0.5, 0.6) is 0 Å². The summed E-state index contributed by atoms with van der Waals surface area (Å²) in [6.45, 7) is 3.22. The van der Waals surface area contributed by atoms with E-state index < -0.39 is 10.0 Å². The molecule has 0 aliphatic carbocycles. The highest BCUT2D eigenvalue weighted by molar-refractivity contribution is 7.88. The zero-order chi connectivity index (χ0) is 21.0. The molecule has 3 rings (SSSR count). The summed E-state index contributed by atoms with van der Waals surface area (Å²) in [6, 6.07) is 7.59. The average Bonchev–Trinajstić information content (AvgIpc) is 3.05. The fourth-order valence-corrected chi connectivity index (χ4v) is 4.33. The molecule has 0 atom stereocenters. The number of aromatic nitrogens is 2. The van der Waals surface area contributed by atoms with Gasteiger partial charge in [-0.05, 0) is 12.5 Å². The lowest BCUT2D eigenvalue weighted by molar-refractivity contribution is -0.136. The molecule has 0 N–H and O–H groups in total. The third-order valence-corrected chi connectivity index (χ3v) is 6.19. The Kier molecular flexibility index (Phi) is 6.66. The Balaban J connectivity index is 1.54. The molecule has 2 aromatic rings. The molecule has 1 aliphatic heterocycles. The summed E-state index contributed by atoms with van der Waals surface area (Å²) in [4.78, 5) is 18.3. The molecule has 1 amide bonds. The number of methoxy groups -OCH3 is 1. The Hall–Kier alpha value is -2.30. The molecule has 158 valence electrons. The van der Waals surface area contributed by atoms with Gasteiger partial charge in [-0.2, -0.15) is 9.29 Å². The molecule has 1 aromatic heterocycles. The normalized spacial score (nSPS) is 15.0. The molecule has 29 heavy (non-hydrogen) atoms. The molecule has 0 unspecified atom stereocenters. The maximum Gasteiger partial charge on any atom is 0.252 e. The summed E-state index contributed by atoms with van der Waals surface area (Å²) in [5.41, 5.74) is 2.10. The minimum absolute atomic E-state index is 0.000861. The number of hydrogen-bond donors (Lipinski definition) is 0. The third-order valence-electron chi connectivity index (χ3n) is 4.86. The van der Waals surface area contributed by atoms with Gasteiger partial charge in [0.05, 0.1) is 18.7 Å². The lowest BCUT2D eigenvalue weighted by Gasteiger charge is -2.44. The summed E-state index contributed by atoms with van der Waals surface area (Å²) < 4.78 is 35.8. The van der Waals surface area contributed by atoms with Crippen molar-refractivity contribution in [1.82, 2.24) is 19.3 Å². The van der Waals surface area contributed by atoms with Crippen LogP contribution in [0.3, 0.4) is 0 Å².